The van der Waals surface area contributed by atoms with Crippen LogP contribution in [0.4, 0.5) is 0 Å². The zero-order valence-corrected chi connectivity index (χ0v) is 13.8. The van der Waals surface area contributed by atoms with Gasteiger partial charge < -0.3 is 15.6 Å². The average Bonchev–Trinajstić information content (AvgIpc) is 2.85. The summed E-state index contributed by atoms with van der Waals surface area (Å²) in [7, 11) is 0. The number of hydrogen-bond acceptors (Lipinski definition) is 3. The molecule has 7 heteroatoms. The fourth-order valence-corrected chi connectivity index (χ4v) is 2.39. The van der Waals surface area contributed by atoms with Crippen LogP contribution in [-0.2, 0) is 16.1 Å². The zero-order chi connectivity index (χ0) is 17.0. The average molecular weight is 335 g/mol. The van der Waals surface area contributed by atoms with Gasteiger partial charge >= 0.3 is 0 Å². The molecule has 2 amide bonds. The van der Waals surface area contributed by atoms with Crippen LogP contribution >= 0.6 is 11.6 Å². The van der Waals surface area contributed by atoms with Crippen molar-refractivity contribution in [3.63, 3.8) is 0 Å². The summed E-state index contributed by atoms with van der Waals surface area (Å²) in [5.41, 5.74) is 2.40. The number of nitrogens with zero attached hydrogens (tertiary/aromatic N) is 1. The highest BCUT2D eigenvalue weighted by atomic mass is 35.5. The second kappa shape index (κ2) is 7.28. The molecule has 0 radical (unpaired) electrons. The minimum Gasteiger partial charge on any atom is -0.347 e. The highest BCUT2D eigenvalue weighted by Gasteiger charge is 2.19. The second-order valence-electron chi connectivity index (χ2n) is 5.48. The number of imidazole rings is 1. The van der Waals surface area contributed by atoms with Gasteiger partial charge in [-0.1, -0.05) is 17.2 Å². The Kier molecular flexibility index (Phi) is 5.39. The number of amides is 2. The number of aromatic amines is 1. The first-order valence-corrected chi connectivity index (χ1v) is 7.56. The maximum absolute atomic E-state index is 12.2. The third-order valence-electron chi connectivity index (χ3n) is 3.17. The van der Waals surface area contributed by atoms with Crippen molar-refractivity contribution in [1.82, 2.24) is 20.6 Å². The summed E-state index contributed by atoms with van der Waals surface area (Å²) in [6, 6.07) is 4.70. The maximum Gasteiger partial charge on any atom is 0.243 e. The molecule has 0 bridgehead atoms. The van der Waals surface area contributed by atoms with Crippen molar-refractivity contribution in [2.75, 3.05) is 0 Å². The van der Waals surface area contributed by atoms with Crippen molar-refractivity contribution in [1.29, 1.82) is 0 Å². The number of carbonyl (C=O) groups is 2. The molecule has 3 N–H and O–H groups in total. The Bertz CT molecular complexity index is 738. The van der Waals surface area contributed by atoms with Gasteiger partial charge in [0.1, 0.15) is 11.9 Å². The first kappa shape index (κ1) is 17.0. The molecule has 23 heavy (non-hydrogen) atoms. The van der Waals surface area contributed by atoms with E-state index in [-0.39, 0.29) is 18.4 Å². The Labute approximate surface area is 139 Å². The van der Waals surface area contributed by atoms with Gasteiger partial charge in [0.15, 0.2) is 0 Å². The SMILES string of the molecule is C=C(C)C[C@H](NC(C)=O)C(=O)NCc1nc2ccc(Cl)cc2[nH]1. The number of nitrogens with one attached hydrogen (secondary N) is 3. The summed E-state index contributed by atoms with van der Waals surface area (Å²) >= 11 is 5.93. The van der Waals surface area contributed by atoms with Crippen molar-refractivity contribution in [3.8, 4) is 0 Å². The third-order valence-corrected chi connectivity index (χ3v) is 3.40. The highest BCUT2D eigenvalue weighted by Crippen LogP contribution is 2.17. The van der Waals surface area contributed by atoms with Crippen LogP contribution < -0.4 is 10.6 Å². The van der Waals surface area contributed by atoms with E-state index in [4.69, 9.17) is 11.6 Å². The van der Waals surface area contributed by atoms with Crippen LogP contribution in [0.3, 0.4) is 0 Å². The molecule has 0 fully saturated rings. The quantitative estimate of drug-likeness (QED) is 0.708. The van der Waals surface area contributed by atoms with Gasteiger partial charge in [0, 0.05) is 11.9 Å². The number of halogens is 1. The number of carbonyl (C=O) groups excluding carboxylic acids is 2. The standard InChI is InChI=1S/C16H19ClN4O2/c1-9(2)6-14(19-10(3)22)16(23)18-8-15-20-12-5-4-11(17)7-13(12)21-15/h4-5,7,14H,1,6,8H2,2-3H3,(H,18,23)(H,19,22)(H,20,21)/t14-/m0/s1. The Morgan fingerprint density at radius 1 is 1.39 bits per heavy atom. The van der Waals surface area contributed by atoms with Gasteiger partial charge in [-0.2, -0.15) is 0 Å². The fourth-order valence-electron chi connectivity index (χ4n) is 2.22. The molecule has 0 unspecified atom stereocenters. The lowest BCUT2D eigenvalue weighted by Gasteiger charge is -2.17. The van der Waals surface area contributed by atoms with Crippen molar-refractivity contribution in [2.24, 2.45) is 0 Å². The van der Waals surface area contributed by atoms with Crippen molar-refractivity contribution < 1.29 is 9.59 Å². The maximum atomic E-state index is 12.2. The van der Waals surface area contributed by atoms with Gasteiger partial charge in [0.2, 0.25) is 11.8 Å². The molecule has 6 nitrogen and oxygen atoms in total. The Balaban J connectivity index is 2.02. The largest absolute Gasteiger partial charge is 0.347 e. The van der Waals surface area contributed by atoms with Crippen LogP contribution in [0.2, 0.25) is 5.02 Å². The van der Waals surface area contributed by atoms with Gasteiger partial charge in [0.25, 0.3) is 0 Å². The summed E-state index contributed by atoms with van der Waals surface area (Å²) in [5, 5.41) is 6.00. The van der Waals surface area contributed by atoms with Gasteiger partial charge in [-0.25, -0.2) is 4.98 Å². The lowest BCUT2D eigenvalue weighted by molar-refractivity contribution is -0.128. The van der Waals surface area contributed by atoms with Gasteiger partial charge in [0.05, 0.1) is 17.6 Å². The number of aromatic nitrogens is 2. The summed E-state index contributed by atoms with van der Waals surface area (Å²) < 4.78 is 0. The predicted octanol–water partition coefficient (Wildman–Crippen LogP) is 2.30. The first-order valence-electron chi connectivity index (χ1n) is 7.18. The summed E-state index contributed by atoms with van der Waals surface area (Å²) in [4.78, 5) is 30.9. The zero-order valence-electron chi connectivity index (χ0n) is 13.1. The molecule has 1 aromatic carbocycles. The van der Waals surface area contributed by atoms with Crippen molar-refractivity contribution in [3.05, 3.63) is 41.2 Å². The first-order chi connectivity index (χ1) is 10.8. The molecule has 0 saturated carbocycles. The third kappa shape index (κ3) is 4.82. The molecule has 0 spiro atoms. The van der Waals surface area contributed by atoms with E-state index in [1.807, 2.05) is 6.92 Å². The van der Waals surface area contributed by atoms with E-state index >= 15 is 0 Å². The molecule has 1 heterocycles. The molecule has 2 rings (SSSR count). The summed E-state index contributed by atoms with van der Waals surface area (Å²) in [6.45, 7) is 7.20. The molecular formula is C16H19ClN4O2. The van der Waals surface area contributed by atoms with E-state index in [0.29, 0.717) is 17.3 Å². The van der Waals surface area contributed by atoms with Gasteiger partial charge in [-0.05, 0) is 31.5 Å². The van der Waals surface area contributed by atoms with E-state index in [1.54, 1.807) is 18.2 Å². The molecule has 0 saturated heterocycles. The number of H-pyrrole nitrogens is 1. The molecule has 1 atom stereocenters. The van der Waals surface area contributed by atoms with Crippen LogP contribution in [0.25, 0.3) is 11.0 Å². The van der Waals surface area contributed by atoms with Crippen molar-refractivity contribution >= 4 is 34.4 Å². The molecular weight excluding hydrogens is 316 g/mol. The smallest absolute Gasteiger partial charge is 0.243 e. The highest BCUT2D eigenvalue weighted by molar-refractivity contribution is 6.31. The topological polar surface area (TPSA) is 86.9 Å². The molecule has 0 aliphatic carbocycles. The Morgan fingerprint density at radius 2 is 2.13 bits per heavy atom. The van der Waals surface area contributed by atoms with E-state index < -0.39 is 6.04 Å². The Morgan fingerprint density at radius 3 is 2.78 bits per heavy atom. The summed E-state index contributed by atoms with van der Waals surface area (Å²) in [6.07, 6.45) is 0.390. The number of fused-ring (bicyclic) bond motifs is 1. The van der Waals surface area contributed by atoms with E-state index in [0.717, 1.165) is 16.6 Å². The molecule has 2 aromatic rings. The lowest BCUT2D eigenvalue weighted by atomic mass is 10.1. The molecule has 0 aliphatic rings. The minimum atomic E-state index is -0.635. The van der Waals surface area contributed by atoms with Crippen LogP contribution in [0, 0.1) is 0 Å². The Hall–Kier alpha value is -2.34. The molecule has 1 aromatic heterocycles. The van der Waals surface area contributed by atoms with Gasteiger partial charge in [-0.3, -0.25) is 9.59 Å². The molecule has 0 aliphatic heterocycles. The van der Waals surface area contributed by atoms with Crippen LogP contribution in [0.5, 0.6) is 0 Å². The van der Waals surface area contributed by atoms with Crippen LogP contribution in [0.1, 0.15) is 26.1 Å². The number of hydrogen-bond donors (Lipinski definition) is 3. The minimum absolute atomic E-state index is 0.234. The summed E-state index contributed by atoms with van der Waals surface area (Å²) in [5.74, 6) is 0.0824. The number of rotatable bonds is 6. The van der Waals surface area contributed by atoms with E-state index in [2.05, 4.69) is 27.2 Å². The predicted molar refractivity (Wildman–Crippen MR) is 90.0 cm³/mol. The van der Waals surface area contributed by atoms with Crippen LogP contribution in [-0.4, -0.2) is 27.8 Å². The number of benzene rings is 1. The van der Waals surface area contributed by atoms with E-state index in [9.17, 15) is 9.59 Å². The lowest BCUT2D eigenvalue weighted by Crippen LogP contribution is -2.46. The van der Waals surface area contributed by atoms with Crippen molar-refractivity contribution in [2.45, 2.75) is 32.9 Å². The second-order valence-corrected chi connectivity index (χ2v) is 5.91. The van der Waals surface area contributed by atoms with Gasteiger partial charge in [-0.15, -0.1) is 6.58 Å². The van der Waals surface area contributed by atoms with E-state index in [1.165, 1.54) is 6.92 Å². The molecule has 122 valence electrons. The monoisotopic (exact) mass is 334 g/mol. The normalized spacial score (nSPS) is 12.0. The fraction of sp³-hybridized carbons (Fsp3) is 0.312. The van der Waals surface area contributed by atoms with Crippen LogP contribution in [0.15, 0.2) is 30.4 Å².